The molecule has 0 saturated carbocycles. The maximum atomic E-state index is 11.9. The van der Waals surface area contributed by atoms with E-state index >= 15 is 0 Å². The predicted molar refractivity (Wildman–Crippen MR) is 102 cm³/mol. The van der Waals surface area contributed by atoms with Gasteiger partial charge in [0.2, 0.25) is 0 Å². The fraction of sp³-hybridized carbons (Fsp3) is 0.579. The highest BCUT2D eigenvalue weighted by Crippen LogP contribution is 2.31. The van der Waals surface area contributed by atoms with Crippen LogP contribution in [-0.4, -0.2) is 47.0 Å². The molecule has 7 heteroatoms. The Hall–Kier alpha value is -1.86. The molecule has 0 spiro atoms. The minimum absolute atomic E-state index is 0.0146. The van der Waals surface area contributed by atoms with E-state index in [-0.39, 0.29) is 11.5 Å². The van der Waals surface area contributed by atoms with Crippen molar-refractivity contribution in [3.63, 3.8) is 0 Å². The van der Waals surface area contributed by atoms with Crippen molar-refractivity contribution in [2.24, 2.45) is 5.41 Å². The van der Waals surface area contributed by atoms with Crippen molar-refractivity contribution in [1.29, 1.82) is 0 Å². The molecule has 1 fully saturated rings. The second-order valence-electron chi connectivity index (χ2n) is 8.53. The second kappa shape index (κ2) is 7.80. The van der Waals surface area contributed by atoms with Crippen LogP contribution in [0.2, 0.25) is 0 Å². The first-order valence-corrected chi connectivity index (χ1v) is 8.86. The van der Waals surface area contributed by atoms with E-state index in [1.807, 2.05) is 26.8 Å². The summed E-state index contributed by atoms with van der Waals surface area (Å²) in [6.07, 6.45) is 4.66. The first kappa shape index (κ1) is 20.5. The Morgan fingerprint density at radius 1 is 1.42 bits per heavy atom. The predicted octanol–water partition coefficient (Wildman–Crippen LogP) is 3.25. The van der Waals surface area contributed by atoms with Crippen molar-refractivity contribution in [2.45, 2.75) is 52.6 Å². The Labute approximate surface area is 156 Å². The standard InChI is InChI=1S/C19H29BN2O4/c1-7-8-16(22(17(23)24)18(2,3)4)14-9-15(11-21-10-14)20-25-12-19(5,6)13-26-20/h7,9-11,16H,1,8,12-13H2,2-6H3,(H,23,24)/t16-/m0/s1. The lowest BCUT2D eigenvalue weighted by Gasteiger charge is -2.39. The van der Waals surface area contributed by atoms with Gasteiger partial charge in [0.05, 0.1) is 6.04 Å². The second-order valence-corrected chi connectivity index (χ2v) is 8.53. The molecule has 1 N–H and O–H groups in total. The third-order valence-electron chi connectivity index (χ3n) is 4.32. The molecule has 0 bridgehead atoms. The number of hydrogen-bond donors (Lipinski definition) is 1. The molecule has 1 amide bonds. The van der Waals surface area contributed by atoms with Gasteiger partial charge in [-0.3, -0.25) is 9.88 Å². The monoisotopic (exact) mass is 360 g/mol. The summed E-state index contributed by atoms with van der Waals surface area (Å²) in [6, 6.07) is 1.55. The average Bonchev–Trinajstić information content (AvgIpc) is 2.53. The third kappa shape index (κ3) is 4.86. The number of rotatable bonds is 5. The lowest BCUT2D eigenvalue weighted by molar-refractivity contribution is 0.0342. The summed E-state index contributed by atoms with van der Waals surface area (Å²) in [5.41, 5.74) is 1.03. The van der Waals surface area contributed by atoms with Crippen molar-refractivity contribution >= 4 is 18.7 Å². The van der Waals surface area contributed by atoms with E-state index in [2.05, 4.69) is 25.4 Å². The molecular weight excluding hydrogens is 331 g/mol. The number of aromatic nitrogens is 1. The third-order valence-corrected chi connectivity index (χ3v) is 4.32. The molecule has 1 saturated heterocycles. The van der Waals surface area contributed by atoms with Crippen LogP contribution in [0.15, 0.2) is 31.1 Å². The van der Waals surface area contributed by atoms with Crippen LogP contribution >= 0.6 is 0 Å². The summed E-state index contributed by atoms with van der Waals surface area (Å²) in [5.74, 6) is 0. The van der Waals surface area contributed by atoms with Crippen LogP contribution < -0.4 is 5.46 Å². The Morgan fingerprint density at radius 3 is 2.54 bits per heavy atom. The van der Waals surface area contributed by atoms with Gasteiger partial charge in [0.1, 0.15) is 0 Å². The van der Waals surface area contributed by atoms with E-state index < -0.39 is 18.8 Å². The average molecular weight is 360 g/mol. The van der Waals surface area contributed by atoms with Crippen molar-refractivity contribution in [1.82, 2.24) is 9.88 Å². The van der Waals surface area contributed by atoms with Crippen LogP contribution in [0.3, 0.4) is 0 Å². The van der Waals surface area contributed by atoms with Crippen LogP contribution in [0.25, 0.3) is 0 Å². The molecule has 26 heavy (non-hydrogen) atoms. The Kier molecular flexibility index (Phi) is 6.14. The number of amides is 1. The summed E-state index contributed by atoms with van der Waals surface area (Å²) in [5, 5.41) is 9.76. The minimum atomic E-state index is -0.971. The van der Waals surface area contributed by atoms with E-state index in [0.717, 1.165) is 11.0 Å². The SMILES string of the molecule is C=CC[C@@H](c1cncc(B2OCC(C)(C)CO2)c1)N(C(=O)O)C(C)(C)C. The summed E-state index contributed by atoms with van der Waals surface area (Å²) in [6.45, 7) is 14.8. The van der Waals surface area contributed by atoms with Crippen molar-refractivity contribution in [2.75, 3.05) is 13.2 Å². The van der Waals surface area contributed by atoms with Crippen molar-refractivity contribution < 1.29 is 19.2 Å². The first-order chi connectivity index (χ1) is 12.0. The summed E-state index contributed by atoms with van der Waals surface area (Å²) < 4.78 is 11.7. The van der Waals surface area contributed by atoms with Gasteiger partial charge in [-0.1, -0.05) is 26.0 Å². The molecule has 1 aliphatic heterocycles. The molecule has 1 aromatic heterocycles. The molecule has 1 aliphatic rings. The Morgan fingerprint density at radius 2 is 2.04 bits per heavy atom. The highest BCUT2D eigenvalue weighted by molar-refractivity contribution is 6.61. The van der Waals surface area contributed by atoms with E-state index in [1.54, 1.807) is 18.5 Å². The van der Waals surface area contributed by atoms with Gasteiger partial charge in [0, 0.05) is 42.0 Å². The number of carboxylic acid groups (broad SMARTS) is 1. The molecule has 0 unspecified atom stereocenters. The van der Waals surface area contributed by atoms with Crippen LogP contribution in [0.4, 0.5) is 4.79 Å². The van der Waals surface area contributed by atoms with Crippen LogP contribution in [0.5, 0.6) is 0 Å². The molecule has 6 nitrogen and oxygen atoms in total. The molecule has 2 rings (SSSR count). The van der Waals surface area contributed by atoms with E-state index in [0.29, 0.717) is 19.6 Å². The van der Waals surface area contributed by atoms with E-state index in [9.17, 15) is 9.90 Å². The maximum absolute atomic E-state index is 11.9. The number of hydrogen-bond acceptors (Lipinski definition) is 4. The van der Waals surface area contributed by atoms with Crippen LogP contribution in [0.1, 0.15) is 52.6 Å². The highest BCUT2D eigenvalue weighted by atomic mass is 16.6. The zero-order valence-electron chi connectivity index (χ0n) is 16.4. The first-order valence-electron chi connectivity index (χ1n) is 8.86. The number of pyridine rings is 1. The van der Waals surface area contributed by atoms with Gasteiger partial charge in [0.25, 0.3) is 0 Å². The number of nitrogens with zero attached hydrogens (tertiary/aromatic N) is 2. The van der Waals surface area contributed by atoms with Gasteiger partial charge in [0.15, 0.2) is 0 Å². The topological polar surface area (TPSA) is 71.9 Å². The lowest BCUT2D eigenvalue weighted by Crippen LogP contribution is -2.49. The van der Waals surface area contributed by atoms with Gasteiger partial charge < -0.3 is 14.4 Å². The molecule has 1 aromatic rings. The fourth-order valence-electron chi connectivity index (χ4n) is 3.11. The minimum Gasteiger partial charge on any atom is -0.465 e. The molecular formula is C19H29BN2O4. The molecule has 0 aliphatic carbocycles. The van der Waals surface area contributed by atoms with Crippen LogP contribution in [0, 0.1) is 5.41 Å². The van der Waals surface area contributed by atoms with Crippen molar-refractivity contribution in [3.05, 3.63) is 36.7 Å². The quantitative estimate of drug-likeness (QED) is 0.645. The molecule has 0 radical (unpaired) electrons. The molecule has 2 heterocycles. The smallest absolute Gasteiger partial charge is 0.465 e. The largest absolute Gasteiger partial charge is 0.495 e. The molecule has 1 atom stereocenters. The fourth-order valence-corrected chi connectivity index (χ4v) is 3.11. The lowest BCUT2D eigenvalue weighted by atomic mass is 9.76. The van der Waals surface area contributed by atoms with E-state index in [1.165, 1.54) is 4.90 Å². The Balaban J connectivity index is 2.33. The molecule has 142 valence electrons. The highest BCUT2D eigenvalue weighted by Gasteiger charge is 2.36. The van der Waals surface area contributed by atoms with Crippen LogP contribution in [-0.2, 0) is 9.31 Å². The molecule has 0 aromatic carbocycles. The van der Waals surface area contributed by atoms with Gasteiger partial charge in [-0.05, 0) is 32.8 Å². The van der Waals surface area contributed by atoms with Crippen molar-refractivity contribution in [3.8, 4) is 0 Å². The normalized spacial score (nSPS) is 18.3. The summed E-state index contributed by atoms with van der Waals surface area (Å²) >= 11 is 0. The maximum Gasteiger partial charge on any atom is 0.495 e. The zero-order valence-corrected chi connectivity index (χ0v) is 16.4. The summed E-state index contributed by atoms with van der Waals surface area (Å²) in [4.78, 5) is 17.7. The van der Waals surface area contributed by atoms with E-state index in [4.69, 9.17) is 9.31 Å². The van der Waals surface area contributed by atoms with Gasteiger partial charge >= 0.3 is 13.2 Å². The Bertz CT molecular complexity index is 647. The number of carbonyl (C=O) groups is 1. The van der Waals surface area contributed by atoms with Gasteiger partial charge in [-0.15, -0.1) is 6.58 Å². The zero-order chi connectivity index (χ0) is 19.5. The summed E-state index contributed by atoms with van der Waals surface area (Å²) in [7, 11) is -0.479. The van der Waals surface area contributed by atoms with Gasteiger partial charge in [-0.2, -0.15) is 0 Å². The van der Waals surface area contributed by atoms with Gasteiger partial charge in [-0.25, -0.2) is 4.79 Å².